The minimum Gasteiger partial charge on any atom is -0.465 e. The molecule has 1 aromatic rings. The van der Waals surface area contributed by atoms with Gasteiger partial charge in [0.25, 0.3) is 0 Å². The fraction of sp³-hybridized carbons (Fsp3) is 0.357. The molecule has 0 heterocycles. The molecule has 0 aliphatic heterocycles. The highest BCUT2D eigenvalue weighted by Gasteiger charge is 2.09. The summed E-state index contributed by atoms with van der Waals surface area (Å²) < 4.78 is 4.72. The van der Waals surface area contributed by atoms with Gasteiger partial charge in [-0.05, 0) is 43.0 Å². The number of benzene rings is 1. The van der Waals surface area contributed by atoms with Gasteiger partial charge >= 0.3 is 5.97 Å². The van der Waals surface area contributed by atoms with Crippen LogP contribution in [0.1, 0.15) is 41.8 Å². The molecule has 0 amide bonds. The first-order chi connectivity index (χ1) is 7.63. The van der Waals surface area contributed by atoms with E-state index in [2.05, 4.69) is 13.0 Å². The molecule has 0 saturated carbocycles. The van der Waals surface area contributed by atoms with Crippen LogP contribution in [-0.4, -0.2) is 13.1 Å². The summed E-state index contributed by atoms with van der Waals surface area (Å²) in [4.78, 5) is 11.4. The Morgan fingerprint density at radius 3 is 2.56 bits per heavy atom. The van der Waals surface area contributed by atoms with E-state index in [1.54, 1.807) is 0 Å². The predicted molar refractivity (Wildman–Crippen MR) is 66.5 cm³/mol. The number of hydrogen-bond donors (Lipinski definition) is 0. The van der Waals surface area contributed by atoms with Gasteiger partial charge < -0.3 is 4.74 Å². The van der Waals surface area contributed by atoms with E-state index < -0.39 is 0 Å². The van der Waals surface area contributed by atoms with Crippen molar-refractivity contribution < 1.29 is 9.53 Å². The van der Waals surface area contributed by atoms with Crippen LogP contribution < -0.4 is 0 Å². The number of hydrogen-bond acceptors (Lipinski definition) is 2. The maximum absolute atomic E-state index is 11.4. The van der Waals surface area contributed by atoms with Gasteiger partial charge in [0.2, 0.25) is 0 Å². The first-order valence-electron chi connectivity index (χ1n) is 5.48. The molecule has 2 heteroatoms. The van der Waals surface area contributed by atoms with Crippen LogP contribution in [-0.2, 0) is 4.74 Å². The van der Waals surface area contributed by atoms with E-state index in [-0.39, 0.29) is 5.97 Å². The van der Waals surface area contributed by atoms with Gasteiger partial charge in [-0.1, -0.05) is 25.1 Å². The topological polar surface area (TPSA) is 26.3 Å². The molecule has 0 spiro atoms. The quantitative estimate of drug-likeness (QED) is 0.725. The van der Waals surface area contributed by atoms with Gasteiger partial charge in [0.05, 0.1) is 12.7 Å². The van der Waals surface area contributed by atoms with Gasteiger partial charge in [-0.15, -0.1) is 0 Å². The molecule has 1 rings (SSSR count). The largest absolute Gasteiger partial charge is 0.465 e. The molecule has 86 valence electrons. The molecule has 0 saturated heterocycles. The summed E-state index contributed by atoms with van der Waals surface area (Å²) >= 11 is 0. The van der Waals surface area contributed by atoms with E-state index in [1.807, 2.05) is 32.0 Å². The minimum absolute atomic E-state index is 0.275. The summed E-state index contributed by atoms with van der Waals surface area (Å²) in [5.41, 5.74) is 4.06. The standard InChI is InChI=1S/C14H18O2/c1-5-11(6-2)12-7-8-13(10(3)9-12)14(15)16-4/h5,7-9H,6H2,1-4H3/b11-5+. The Kier molecular flexibility index (Phi) is 4.29. The summed E-state index contributed by atoms with van der Waals surface area (Å²) in [6.07, 6.45) is 3.10. The molecular formula is C14H18O2. The first-order valence-corrected chi connectivity index (χ1v) is 5.48. The molecule has 0 aliphatic carbocycles. The molecule has 1 aromatic carbocycles. The third-order valence-corrected chi connectivity index (χ3v) is 2.73. The normalized spacial score (nSPS) is 11.4. The van der Waals surface area contributed by atoms with Crippen LogP contribution in [0.5, 0.6) is 0 Å². The number of carbonyl (C=O) groups excluding carboxylic acids is 1. The summed E-state index contributed by atoms with van der Waals surface area (Å²) in [6.45, 7) is 6.08. The Hall–Kier alpha value is -1.57. The van der Waals surface area contributed by atoms with Crippen LogP contribution in [0, 0.1) is 6.92 Å². The second-order valence-corrected chi connectivity index (χ2v) is 3.69. The van der Waals surface area contributed by atoms with Gasteiger partial charge in [0.1, 0.15) is 0 Å². The molecule has 0 atom stereocenters. The number of ether oxygens (including phenoxy) is 1. The Morgan fingerprint density at radius 2 is 2.12 bits per heavy atom. The van der Waals surface area contributed by atoms with Crippen molar-refractivity contribution in [3.63, 3.8) is 0 Å². The summed E-state index contributed by atoms with van der Waals surface area (Å²) in [5, 5.41) is 0. The Morgan fingerprint density at radius 1 is 1.44 bits per heavy atom. The zero-order valence-electron chi connectivity index (χ0n) is 10.3. The lowest BCUT2D eigenvalue weighted by Gasteiger charge is -2.08. The van der Waals surface area contributed by atoms with Crippen LogP contribution in [0.4, 0.5) is 0 Å². The third kappa shape index (κ3) is 2.51. The molecule has 0 N–H and O–H groups in total. The van der Waals surface area contributed by atoms with Crippen molar-refractivity contribution in [3.8, 4) is 0 Å². The van der Waals surface area contributed by atoms with E-state index in [0.717, 1.165) is 12.0 Å². The molecule has 0 fully saturated rings. The summed E-state index contributed by atoms with van der Waals surface area (Å²) in [5.74, 6) is -0.275. The van der Waals surface area contributed by atoms with Crippen molar-refractivity contribution in [2.75, 3.05) is 7.11 Å². The second-order valence-electron chi connectivity index (χ2n) is 3.69. The molecule has 0 unspecified atom stereocenters. The molecule has 0 radical (unpaired) electrons. The number of methoxy groups -OCH3 is 1. The summed E-state index contributed by atoms with van der Waals surface area (Å²) in [7, 11) is 1.40. The lowest BCUT2D eigenvalue weighted by Crippen LogP contribution is -2.04. The molecular weight excluding hydrogens is 200 g/mol. The third-order valence-electron chi connectivity index (χ3n) is 2.73. The van der Waals surface area contributed by atoms with Crippen LogP contribution in [0.15, 0.2) is 24.3 Å². The van der Waals surface area contributed by atoms with Crippen LogP contribution in [0.2, 0.25) is 0 Å². The van der Waals surface area contributed by atoms with E-state index in [1.165, 1.54) is 18.2 Å². The van der Waals surface area contributed by atoms with Crippen molar-refractivity contribution in [2.45, 2.75) is 27.2 Å². The van der Waals surface area contributed by atoms with Crippen LogP contribution in [0.3, 0.4) is 0 Å². The van der Waals surface area contributed by atoms with Crippen LogP contribution >= 0.6 is 0 Å². The summed E-state index contributed by atoms with van der Waals surface area (Å²) in [6, 6.07) is 5.83. The van der Waals surface area contributed by atoms with Gasteiger partial charge in [-0.2, -0.15) is 0 Å². The zero-order chi connectivity index (χ0) is 12.1. The fourth-order valence-corrected chi connectivity index (χ4v) is 1.78. The number of allylic oxidation sites excluding steroid dienone is 2. The Bertz CT molecular complexity index is 417. The Labute approximate surface area is 96.9 Å². The smallest absolute Gasteiger partial charge is 0.338 e. The lowest BCUT2D eigenvalue weighted by atomic mass is 9.98. The van der Waals surface area contributed by atoms with E-state index in [4.69, 9.17) is 4.74 Å². The fourth-order valence-electron chi connectivity index (χ4n) is 1.78. The van der Waals surface area contributed by atoms with Crippen molar-refractivity contribution in [1.29, 1.82) is 0 Å². The van der Waals surface area contributed by atoms with Crippen molar-refractivity contribution in [3.05, 3.63) is 41.0 Å². The molecule has 2 nitrogen and oxygen atoms in total. The van der Waals surface area contributed by atoms with Crippen molar-refractivity contribution >= 4 is 11.5 Å². The number of carbonyl (C=O) groups is 1. The minimum atomic E-state index is -0.275. The van der Waals surface area contributed by atoms with Gasteiger partial charge in [-0.25, -0.2) is 4.79 Å². The van der Waals surface area contributed by atoms with Crippen molar-refractivity contribution in [1.82, 2.24) is 0 Å². The number of aryl methyl sites for hydroxylation is 1. The highest BCUT2D eigenvalue weighted by atomic mass is 16.5. The lowest BCUT2D eigenvalue weighted by molar-refractivity contribution is 0.0600. The van der Waals surface area contributed by atoms with Gasteiger partial charge in [-0.3, -0.25) is 0 Å². The monoisotopic (exact) mass is 218 g/mol. The van der Waals surface area contributed by atoms with Crippen LogP contribution in [0.25, 0.3) is 5.57 Å². The average Bonchev–Trinajstić information content (AvgIpc) is 2.30. The van der Waals surface area contributed by atoms with E-state index in [0.29, 0.717) is 5.56 Å². The highest BCUT2D eigenvalue weighted by Crippen LogP contribution is 2.21. The van der Waals surface area contributed by atoms with Gasteiger partial charge in [0, 0.05) is 0 Å². The zero-order valence-corrected chi connectivity index (χ0v) is 10.3. The van der Waals surface area contributed by atoms with E-state index in [9.17, 15) is 4.79 Å². The maximum atomic E-state index is 11.4. The first kappa shape index (κ1) is 12.5. The Balaban J connectivity index is 3.13. The second kappa shape index (κ2) is 5.50. The van der Waals surface area contributed by atoms with Gasteiger partial charge in [0.15, 0.2) is 0 Å². The molecule has 0 bridgehead atoms. The number of esters is 1. The predicted octanol–water partition coefficient (Wildman–Crippen LogP) is 3.59. The SMILES string of the molecule is C/C=C(\CC)c1ccc(C(=O)OC)c(C)c1. The highest BCUT2D eigenvalue weighted by molar-refractivity contribution is 5.91. The molecule has 0 aliphatic rings. The average molecular weight is 218 g/mol. The molecule has 0 aromatic heterocycles. The van der Waals surface area contributed by atoms with E-state index >= 15 is 0 Å². The number of rotatable bonds is 3. The maximum Gasteiger partial charge on any atom is 0.338 e. The van der Waals surface area contributed by atoms with Crippen molar-refractivity contribution in [2.24, 2.45) is 0 Å². The molecule has 16 heavy (non-hydrogen) atoms.